The van der Waals surface area contributed by atoms with E-state index in [-0.39, 0.29) is 10.6 Å². The third-order valence-electron chi connectivity index (χ3n) is 2.87. The first kappa shape index (κ1) is 16.7. The molecule has 0 atom stereocenters. The summed E-state index contributed by atoms with van der Waals surface area (Å²) in [5.41, 5.74) is 4.87. The van der Waals surface area contributed by atoms with Crippen LogP contribution in [0.15, 0.2) is 18.2 Å². The summed E-state index contributed by atoms with van der Waals surface area (Å²) in [7, 11) is 1.56. The number of thiocarbonyl (C=S) groups is 1. The molecular formula is C13H17F3N2OS. The lowest BCUT2D eigenvalue weighted by atomic mass is 10.1. The van der Waals surface area contributed by atoms with Crippen molar-refractivity contribution < 1.29 is 17.9 Å². The van der Waals surface area contributed by atoms with Gasteiger partial charge in [-0.25, -0.2) is 0 Å². The summed E-state index contributed by atoms with van der Waals surface area (Å²) in [4.78, 5) is -0.0891. The summed E-state index contributed by atoms with van der Waals surface area (Å²) >= 11 is 4.81. The third kappa shape index (κ3) is 4.35. The molecule has 0 amide bonds. The Balaban J connectivity index is 3.06. The lowest BCUT2D eigenvalue weighted by molar-refractivity contribution is -0.137. The van der Waals surface area contributed by atoms with Gasteiger partial charge in [-0.1, -0.05) is 12.2 Å². The van der Waals surface area contributed by atoms with Crippen LogP contribution in [0.3, 0.4) is 0 Å². The number of hydrogen-bond acceptors (Lipinski definition) is 3. The van der Waals surface area contributed by atoms with Crippen LogP contribution in [0.2, 0.25) is 0 Å². The summed E-state index contributed by atoms with van der Waals surface area (Å²) in [6, 6.07) is 3.26. The van der Waals surface area contributed by atoms with E-state index in [0.717, 1.165) is 12.1 Å². The number of nitrogens with one attached hydrogen (secondary N) is 1. The molecule has 0 heterocycles. The van der Waals surface area contributed by atoms with Gasteiger partial charge in [-0.15, -0.1) is 0 Å². The van der Waals surface area contributed by atoms with Crippen LogP contribution in [0.5, 0.6) is 0 Å². The molecule has 0 saturated carbocycles. The number of hydrogen-bond donors (Lipinski definition) is 2. The fraction of sp³-hybridized carbons (Fsp3) is 0.462. The molecule has 0 aliphatic carbocycles. The van der Waals surface area contributed by atoms with Crippen LogP contribution in [0.4, 0.5) is 18.9 Å². The zero-order valence-electron chi connectivity index (χ0n) is 11.5. The Morgan fingerprint density at radius 3 is 2.40 bits per heavy atom. The van der Waals surface area contributed by atoms with Gasteiger partial charge in [-0.2, -0.15) is 13.2 Å². The van der Waals surface area contributed by atoms with Gasteiger partial charge in [0.2, 0.25) is 0 Å². The Bertz CT molecular complexity index is 501. The maximum absolute atomic E-state index is 12.7. The average Bonchev–Trinajstić information content (AvgIpc) is 2.35. The molecule has 0 unspecified atom stereocenters. The second-order valence-corrected chi connectivity index (χ2v) is 5.38. The molecule has 0 radical (unpaired) electrons. The summed E-state index contributed by atoms with van der Waals surface area (Å²) in [5.74, 6) is 0. The smallest absolute Gasteiger partial charge is 0.389 e. The molecule has 3 N–H and O–H groups in total. The van der Waals surface area contributed by atoms with Crippen LogP contribution < -0.4 is 11.1 Å². The van der Waals surface area contributed by atoms with Crippen LogP contribution in [-0.4, -0.2) is 24.2 Å². The van der Waals surface area contributed by atoms with E-state index >= 15 is 0 Å². The first-order valence-corrected chi connectivity index (χ1v) is 6.28. The lowest BCUT2D eigenvalue weighted by Crippen LogP contribution is -2.32. The summed E-state index contributed by atoms with van der Waals surface area (Å²) in [6.07, 6.45) is -4.43. The number of halogens is 3. The minimum Gasteiger partial charge on any atom is -0.389 e. The van der Waals surface area contributed by atoms with Crippen molar-refractivity contribution in [2.24, 2.45) is 5.73 Å². The number of methoxy groups -OCH3 is 1. The molecule has 3 nitrogen and oxygen atoms in total. The number of ether oxygens (including phenoxy) is 1. The minimum absolute atomic E-state index is 0.0891. The van der Waals surface area contributed by atoms with E-state index in [4.69, 9.17) is 22.7 Å². The number of nitrogens with two attached hydrogens (primary N) is 1. The monoisotopic (exact) mass is 306 g/mol. The van der Waals surface area contributed by atoms with E-state index in [1.54, 1.807) is 7.11 Å². The molecule has 0 aliphatic heterocycles. The van der Waals surface area contributed by atoms with Crippen molar-refractivity contribution >= 4 is 22.9 Å². The van der Waals surface area contributed by atoms with Gasteiger partial charge in [-0.3, -0.25) is 0 Å². The molecule has 0 saturated heterocycles. The fourth-order valence-electron chi connectivity index (χ4n) is 1.46. The van der Waals surface area contributed by atoms with E-state index < -0.39 is 17.3 Å². The molecule has 1 aromatic rings. The van der Waals surface area contributed by atoms with Gasteiger partial charge in [0, 0.05) is 24.9 Å². The third-order valence-corrected chi connectivity index (χ3v) is 3.09. The molecule has 0 aromatic heterocycles. The van der Waals surface area contributed by atoms with Crippen LogP contribution in [0, 0.1) is 0 Å². The van der Waals surface area contributed by atoms with Gasteiger partial charge in [0.25, 0.3) is 0 Å². The van der Waals surface area contributed by atoms with Gasteiger partial charge in [-0.05, 0) is 32.0 Å². The van der Waals surface area contributed by atoms with E-state index in [1.165, 1.54) is 6.07 Å². The van der Waals surface area contributed by atoms with Crippen LogP contribution in [0.1, 0.15) is 25.0 Å². The van der Waals surface area contributed by atoms with E-state index in [9.17, 15) is 13.2 Å². The maximum atomic E-state index is 12.7. The summed E-state index contributed by atoms with van der Waals surface area (Å²) in [6.45, 7) is 4.11. The molecule has 0 spiro atoms. The molecule has 7 heteroatoms. The summed E-state index contributed by atoms with van der Waals surface area (Å²) in [5, 5.41) is 3.00. The average molecular weight is 306 g/mol. The Labute approximate surface area is 121 Å². The molecule has 0 bridgehead atoms. The SMILES string of the molecule is COC(C)(C)CNc1ccc(C(F)(F)F)cc1C(N)=S. The van der Waals surface area contributed by atoms with Gasteiger partial charge in [0.15, 0.2) is 0 Å². The molecule has 112 valence electrons. The Kier molecular flexibility index (Phi) is 4.99. The zero-order chi connectivity index (χ0) is 15.6. The van der Waals surface area contributed by atoms with E-state index in [2.05, 4.69) is 5.32 Å². The molecule has 0 fully saturated rings. The van der Waals surface area contributed by atoms with E-state index in [1.807, 2.05) is 13.8 Å². The quantitative estimate of drug-likeness (QED) is 0.820. The van der Waals surface area contributed by atoms with Crippen molar-refractivity contribution in [3.05, 3.63) is 29.3 Å². The van der Waals surface area contributed by atoms with Crippen molar-refractivity contribution in [3.63, 3.8) is 0 Å². The molecule has 20 heavy (non-hydrogen) atoms. The van der Waals surface area contributed by atoms with Crippen LogP contribution in [0.25, 0.3) is 0 Å². The van der Waals surface area contributed by atoms with Gasteiger partial charge >= 0.3 is 6.18 Å². The molecule has 1 aromatic carbocycles. The number of anilines is 1. The normalized spacial score (nSPS) is 12.3. The zero-order valence-corrected chi connectivity index (χ0v) is 12.3. The topological polar surface area (TPSA) is 47.3 Å². The van der Waals surface area contributed by atoms with Crippen LogP contribution in [-0.2, 0) is 10.9 Å². The highest BCUT2D eigenvalue weighted by Gasteiger charge is 2.31. The Morgan fingerprint density at radius 1 is 1.35 bits per heavy atom. The van der Waals surface area contributed by atoms with Crippen molar-refractivity contribution in [2.75, 3.05) is 19.0 Å². The van der Waals surface area contributed by atoms with Gasteiger partial charge in [0.1, 0.15) is 4.99 Å². The Hall–Kier alpha value is -1.34. The highest BCUT2D eigenvalue weighted by atomic mass is 32.1. The van der Waals surface area contributed by atoms with Crippen molar-refractivity contribution in [2.45, 2.75) is 25.6 Å². The number of alkyl halides is 3. The fourth-order valence-corrected chi connectivity index (χ4v) is 1.63. The molecule has 0 aliphatic rings. The van der Waals surface area contributed by atoms with Crippen molar-refractivity contribution in [1.29, 1.82) is 0 Å². The second-order valence-electron chi connectivity index (χ2n) is 4.94. The molecular weight excluding hydrogens is 289 g/mol. The van der Waals surface area contributed by atoms with Crippen molar-refractivity contribution in [3.8, 4) is 0 Å². The summed E-state index contributed by atoms with van der Waals surface area (Å²) < 4.78 is 43.2. The standard InChI is InChI=1S/C13H17F3N2OS/c1-12(2,19-3)7-18-10-5-4-8(13(14,15)16)6-9(10)11(17)20/h4-6,18H,7H2,1-3H3,(H2,17,20). The largest absolute Gasteiger partial charge is 0.416 e. The second kappa shape index (κ2) is 5.97. The minimum atomic E-state index is -4.43. The first-order chi connectivity index (χ1) is 9.07. The van der Waals surface area contributed by atoms with E-state index in [0.29, 0.717) is 12.2 Å². The molecule has 1 rings (SSSR count). The highest BCUT2D eigenvalue weighted by molar-refractivity contribution is 7.80. The maximum Gasteiger partial charge on any atom is 0.416 e. The van der Waals surface area contributed by atoms with Gasteiger partial charge < -0.3 is 15.8 Å². The predicted molar refractivity (Wildman–Crippen MR) is 76.9 cm³/mol. The highest BCUT2D eigenvalue weighted by Crippen LogP contribution is 2.32. The van der Waals surface area contributed by atoms with Gasteiger partial charge in [0.05, 0.1) is 11.2 Å². The van der Waals surface area contributed by atoms with Crippen LogP contribution >= 0.6 is 12.2 Å². The first-order valence-electron chi connectivity index (χ1n) is 5.87. The number of benzene rings is 1. The number of rotatable bonds is 5. The lowest BCUT2D eigenvalue weighted by Gasteiger charge is -2.24. The Morgan fingerprint density at radius 2 is 1.95 bits per heavy atom. The predicted octanol–water partition coefficient (Wildman–Crippen LogP) is 3.18. The van der Waals surface area contributed by atoms with Crippen molar-refractivity contribution in [1.82, 2.24) is 0 Å².